The molecule has 0 saturated carbocycles. The van der Waals surface area contributed by atoms with Crippen LogP contribution in [-0.2, 0) is 11.3 Å². The van der Waals surface area contributed by atoms with E-state index in [-0.39, 0.29) is 12.4 Å². The first-order chi connectivity index (χ1) is 12.8. The van der Waals surface area contributed by atoms with Crippen molar-refractivity contribution in [2.45, 2.75) is 40.7 Å². The van der Waals surface area contributed by atoms with E-state index in [2.05, 4.69) is 28.5 Å². The Kier molecular flexibility index (Phi) is 7.05. The van der Waals surface area contributed by atoms with Crippen LogP contribution in [0.1, 0.15) is 42.0 Å². The molecule has 6 heteroatoms. The van der Waals surface area contributed by atoms with Gasteiger partial charge in [-0.05, 0) is 56.5 Å². The van der Waals surface area contributed by atoms with Gasteiger partial charge in [0.1, 0.15) is 5.75 Å². The van der Waals surface area contributed by atoms with E-state index in [9.17, 15) is 9.59 Å². The Morgan fingerprint density at radius 2 is 1.81 bits per heavy atom. The van der Waals surface area contributed by atoms with Crippen molar-refractivity contribution >= 4 is 17.6 Å². The summed E-state index contributed by atoms with van der Waals surface area (Å²) in [5.74, 6) is 1.13. The van der Waals surface area contributed by atoms with Gasteiger partial charge < -0.3 is 14.0 Å². The number of ketones is 1. The number of methoxy groups -OCH3 is 1. The van der Waals surface area contributed by atoms with Gasteiger partial charge in [-0.15, -0.1) is 0 Å². The summed E-state index contributed by atoms with van der Waals surface area (Å²) in [5.41, 5.74) is 3.38. The van der Waals surface area contributed by atoms with Crippen LogP contribution < -0.4 is 10.1 Å². The highest BCUT2D eigenvalue weighted by Crippen LogP contribution is 2.19. The summed E-state index contributed by atoms with van der Waals surface area (Å²) in [6.45, 7) is 9.28. The molecule has 0 spiro atoms. The number of rotatable bonds is 8. The lowest BCUT2D eigenvalue weighted by molar-refractivity contribution is 0.0920. The van der Waals surface area contributed by atoms with Crippen LogP contribution in [0.5, 0.6) is 5.75 Å². The third kappa shape index (κ3) is 5.61. The predicted molar refractivity (Wildman–Crippen MR) is 106 cm³/mol. The van der Waals surface area contributed by atoms with Gasteiger partial charge in [0.2, 0.25) is 5.78 Å². The standard InChI is InChI=1S/C21H28N2O4/c1-14(2)10-11-23-15(3)12-19(16(23)4)20(24)13-27-18-8-6-17(7-9-18)22-21(25)26-5/h6-9,12,14H,10-11,13H2,1-5H3,(H,22,25). The molecule has 0 saturated heterocycles. The molecule has 2 rings (SSSR count). The highest BCUT2D eigenvalue weighted by molar-refractivity contribution is 5.98. The molecule has 1 aromatic heterocycles. The van der Waals surface area contributed by atoms with Crippen molar-refractivity contribution in [3.63, 3.8) is 0 Å². The first-order valence-corrected chi connectivity index (χ1v) is 9.09. The van der Waals surface area contributed by atoms with Gasteiger partial charge >= 0.3 is 6.09 Å². The smallest absolute Gasteiger partial charge is 0.411 e. The van der Waals surface area contributed by atoms with E-state index < -0.39 is 6.09 Å². The van der Waals surface area contributed by atoms with Crippen LogP contribution in [0.4, 0.5) is 10.5 Å². The van der Waals surface area contributed by atoms with Gasteiger partial charge in [0.15, 0.2) is 6.61 Å². The summed E-state index contributed by atoms with van der Waals surface area (Å²) in [6.07, 6.45) is 0.540. The summed E-state index contributed by atoms with van der Waals surface area (Å²) >= 11 is 0. The van der Waals surface area contributed by atoms with E-state index in [1.54, 1.807) is 24.3 Å². The number of ether oxygens (including phenoxy) is 2. The molecule has 0 atom stereocenters. The van der Waals surface area contributed by atoms with Gasteiger partial charge in [0.25, 0.3) is 0 Å². The lowest BCUT2D eigenvalue weighted by atomic mass is 10.1. The molecule has 1 aromatic carbocycles. The molecule has 0 fully saturated rings. The number of aryl methyl sites for hydroxylation is 1. The van der Waals surface area contributed by atoms with E-state index in [4.69, 9.17) is 4.74 Å². The molecule has 0 aliphatic heterocycles. The van der Waals surface area contributed by atoms with Crippen LogP contribution in [0.3, 0.4) is 0 Å². The maximum atomic E-state index is 12.6. The molecule has 1 N–H and O–H groups in total. The summed E-state index contributed by atoms with van der Waals surface area (Å²) in [4.78, 5) is 23.8. The number of aromatic nitrogens is 1. The molecule has 0 bridgehead atoms. The zero-order valence-electron chi connectivity index (χ0n) is 16.7. The summed E-state index contributed by atoms with van der Waals surface area (Å²) in [7, 11) is 1.30. The van der Waals surface area contributed by atoms with Crippen LogP contribution in [0.2, 0.25) is 0 Å². The van der Waals surface area contributed by atoms with E-state index in [1.807, 2.05) is 19.9 Å². The minimum atomic E-state index is -0.535. The number of carbonyl (C=O) groups is 2. The van der Waals surface area contributed by atoms with Crippen LogP contribution >= 0.6 is 0 Å². The van der Waals surface area contributed by atoms with Crippen LogP contribution in [0.15, 0.2) is 30.3 Å². The van der Waals surface area contributed by atoms with E-state index in [0.717, 1.165) is 24.4 Å². The second kappa shape index (κ2) is 9.26. The van der Waals surface area contributed by atoms with Gasteiger partial charge in [-0.1, -0.05) is 13.8 Å². The Hall–Kier alpha value is -2.76. The number of nitrogens with one attached hydrogen (secondary N) is 1. The molecule has 0 aliphatic carbocycles. The number of Topliss-reactive ketones (excluding diaryl/α,β-unsaturated/α-hetero) is 1. The molecule has 0 unspecified atom stereocenters. The average Bonchev–Trinajstić information content (AvgIpc) is 2.93. The zero-order chi connectivity index (χ0) is 20.0. The number of hydrogen-bond donors (Lipinski definition) is 1. The normalized spacial score (nSPS) is 10.7. The molecule has 146 valence electrons. The fraction of sp³-hybridized carbons (Fsp3) is 0.429. The molecule has 1 amide bonds. The summed E-state index contributed by atoms with van der Waals surface area (Å²) < 4.78 is 12.3. The van der Waals surface area contributed by atoms with Crippen molar-refractivity contribution in [2.75, 3.05) is 19.0 Å². The summed E-state index contributed by atoms with van der Waals surface area (Å²) in [6, 6.07) is 8.71. The summed E-state index contributed by atoms with van der Waals surface area (Å²) in [5, 5.41) is 2.56. The second-order valence-electron chi connectivity index (χ2n) is 6.97. The van der Waals surface area contributed by atoms with Crippen molar-refractivity contribution in [1.29, 1.82) is 0 Å². The average molecular weight is 372 g/mol. The molecule has 27 heavy (non-hydrogen) atoms. The van der Waals surface area contributed by atoms with Crippen molar-refractivity contribution in [2.24, 2.45) is 5.92 Å². The van der Waals surface area contributed by atoms with Gasteiger partial charge in [0, 0.05) is 29.2 Å². The minimum absolute atomic E-state index is 0.0295. The fourth-order valence-electron chi connectivity index (χ4n) is 2.84. The Labute approximate surface area is 160 Å². The highest BCUT2D eigenvalue weighted by atomic mass is 16.5. The van der Waals surface area contributed by atoms with Crippen molar-refractivity contribution in [1.82, 2.24) is 4.57 Å². The lowest BCUT2D eigenvalue weighted by Crippen LogP contribution is -2.13. The van der Waals surface area contributed by atoms with E-state index >= 15 is 0 Å². The first kappa shape index (κ1) is 20.6. The molecule has 0 aliphatic rings. The molecule has 2 aromatic rings. The molecular weight excluding hydrogens is 344 g/mol. The maximum Gasteiger partial charge on any atom is 0.411 e. The number of nitrogens with zero attached hydrogens (tertiary/aromatic N) is 1. The quantitative estimate of drug-likeness (QED) is 0.688. The number of benzene rings is 1. The number of carbonyl (C=O) groups excluding carboxylic acids is 2. The van der Waals surface area contributed by atoms with Gasteiger partial charge in [-0.25, -0.2) is 4.79 Å². The SMILES string of the molecule is COC(=O)Nc1ccc(OCC(=O)c2cc(C)n(CCC(C)C)c2C)cc1. The van der Waals surface area contributed by atoms with Crippen LogP contribution in [-0.4, -0.2) is 30.2 Å². The zero-order valence-corrected chi connectivity index (χ0v) is 16.7. The Morgan fingerprint density at radius 1 is 1.15 bits per heavy atom. The highest BCUT2D eigenvalue weighted by Gasteiger charge is 2.16. The molecule has 6 nitrogen and oxygen atoms in total. The number of hydrogen-bond acceptors (Lipinski definition) is 4. The largest absolute Gasteiger partial charge is 0.485 e. The predicted octanol–water partition coefficient (Wildman–Crippen LogP) is 4.59. The van der Waals surface area contributed by atoms with E-state index in [0.29, 0.717) is 22.9 Å². The number of anilines is 1. The van der Waals surface area contributed by atoms with Crippen LogP contribution in [0.25, 0.3) is 0 Å². The Morgan fingerprint density at radius 3 is 2.41 bits per heavy atom. The van der Waals surface area contributed by atoms with Crippen molar-refractivity contribution in [3.8, 4) is 5.75 Å². The Bertz CT molecular complexity index is 791. The van der Waals surface area contributed by atoms with Gasteiger partial charge in [0.05, 0.1) is 7.11 Å². The van der Waals surface area contributed by atoms with Crippen molar-refractivity contribution < 1.29 is 19.1 Å². The van der Waals surface area contributed by atoms with Gasteiger partial charge in [-0.2, -0.15) is 0 Å². The molecule has 0 radical (unpaired) electrons. The lowest BCUT2D eigenvalue weighted by Gasteiger charge is -2.11. The second-order valence-corrected chi connectivity index (χ2v) is 6.97. The van der Waals surface area contributed by atoms with Gasteiger partial charge in [-0.3, -0.25) is 10.1 Å². The molecular formula is C21H28N2O4. The molecule has 1 heterocycles. The Balaban J connectivity index is 1.97. The third-order valence-electron chi connectivity index (χ3n) is 4.46. The first-order valence-electron chi connectivity index (χ1n) is 9.09. The minimum Gasteiger partial charge on any atom is -0.485 e. The maximum absolute atomic E-state index is 12.6. The topological polar surface area (TPSA) is 69.6 Å². The third-order valence-corrected chi connectivity index (χ3v) is 4.46. The monoisotopic (exact) mass is 372 g/mol. The van der Waals surface area contributed by atoms with Crippen molar-refractivity contribution in [3.05, 3.63) is 47.3 Å². The van der Waals surface area contributed by atoms with Crippen LogP contribution in [0, 0.1) is 19.8 Å². The number of amides is 1. The van der Waals surface area contributed by atoms with E-state index in [1.165, 1.54) is 7.11 Å². The fourth-order valence-corrected chi connectivity index (χ4v) is 2.84.